The molecule has 0 heterocycles. The lowest BCUT2D eigenvalue weighted by Crippen LogP contribution is -2.08. The monoisotopic (exact) mass is 253 g/mol. The average molecular weight is 253 g/mol. The average Bonchev–Trinajstić information content (AvgIpc) is 2.31. The van der Waals surface area contributed by atoms with Gasteiger partial charge in [0.25, 0.3) is 0 Å². The molecule has 0 saturated carbocycles. The zero-order valence-electron chi connectivity index (χ0n) is 9.24. The molecule has 2 nitrogen and oxygen atoms in total. The lowest BCUT2D eigenvalue weighted by molar-refractivity contribution is -0.137. The second-order valence-electron chi connectivity index (χ2n) is 3.66. The summed E-state index contributed by atoms with van der Waals surface area (Å²) in [6.07, 6.45) is -4.49. The molecule has 0 amide bonds. The second kappa shape index (κ2) is 4.60. The van der Waals surface area contributed by atoms with E-state index in [1.54, 1.807) is 30.3 Å². The minimum atomic E-state index is -4.49. The van der Waals surface area contributed by atoms with Crippen LogP contribution in [0.5, 0.6) is 11.5 Å². The van der Waals surface area contributed by atoms with Crippen molar-refractivity contribution in [3.05, 3.63) is 54.1 Å². The van der Waals surface area contributed by atoms with Crippen molar-refractivity contribution < 1.29 is 17.9 Å². The smallest absolute Gasteiger partial charge is 0.418 e. The normalized spacial score (nSPS) is 11.3. The van der Waals surface area contributed by atoms with Crippen LogP contribution in [0.2, 0.25) is 0 Å². The Balaban J connectivity index is 2.31. The quantitative estimate of drug-likeness (QED) is 0.818. The van der Waals surface area contributed by atoms with Crippen molar-refractivity contribution in [1.82, 2.24) is 0 Å². The van der Waals surface area contributed by atoms with Crippen LogP contribution in [0.3, 0.4) is 0 Å². The van der Waals surface area contributed by atoms with Gasteiger partial charge in [0.15, 0.2) is 0 Å². The van der Waals surface area contributed by atoms with Crippen molar-refractivity contribution in [2.24, 2.45) is 0 Å². The number of halogens is 3. The number of benzene rings is 2. The van der Waals surface area contributed by atoms with E-state index in [-0.39, 0.29) is 11.4 Å². The number of nitrogen functional groups attached to an aromatic ring is 1. The fourth-order valence-corrected chi connectivity index (χ4v) is 1.47. The lowest BCUT2D eigenvalue weighted by Gasteiger charge is -2.12. The molecule has 2 N–H and O–H groups in total. The lowest BCUT2D eigenvalue weighted by atomic mass is 10.1. The molecule has 0 saturated heterocycles. The van der Waals surface area contributed by atoms with Gasteiger partial charge < -0.3 is 10.5 Å². The third kappa shape index (κ3) is 2.74. The van der Waals surface area contributed by atoms with Crippen LogP contribution in [-0.2, 0) is 6.18 Å². The molecule has 0 aromatic heterocycles. The van der Waals surface area contributed by atoms with E-state index >= 15 is 0 Å². The van der Waals surface area contributed by atoms with Gasteiger partial charge in [0.05, 0.1) is 5.56 Å². The zero-order chi connectivity index (χ0) is 13.2. The van der Waals surface area contributed by atoms with Crippen molar-refractivity contribution in [2.45, 2.75) is 6.18 Å². The Bertz CT molecular complexity index is 538. The SMILES string of the molecule is Nc1ccc(Oc2ccccc2)cc1C(F)(F)F. The highest BCUT2D eigenvalue weighted by molar-refractivity contribution is 5.52. The summed E-state index contributed by atoms with van der Waals surface area (Å²) in [6, 6.07) is 12.0. The molecule has 94 valence electrons. The summed E-state index contributed by atoms with van der Waals surface area (Å²) in [5.74, 6) is 0.568. The maximum absolute atomic E-state index is 12.6. The summed E-state index contributed by atoms with van der Waals surface area (Å²) < 4.78 is 43.2. The summed E-state index contributed by atoms with van der Waals surface area (Å²) in [4.78, 5) is 0. The van der Waals surface area contributed by atoms with Crippen LogP contribution in [0.4, 0.5) is 18.9 Å². The molecule has 0 aliphatic carbocycles. The highest BCUT2D eigenvalue weighted by Gasteiger charge is 2.33. The van der Waals surface area contributed by atoms with E-state index in [4.69, 9.17) is 10.5 Å². The molecular weight excluding hydrogens is 243 g/mol. The van der Waals surface area contributed by atoms with E-state index in [1.165, 1.54) is 12.1 Å². The molecule has 0 atom stereocenters. The van der Waals surface area contributed by atoms with Gasteiger partial charge in [0.2, 0.25) is 0 Å². The van der Waals surface area contributed by atoms with Crippen LogP contribution in [0.25, 0.3) is 0 Å². The van der Waals surface area contributed by atoms with E-state index in [0.717, 1.165) is 6.07 Å². The Kier molecular flexibility index (Phi) is 3.14. The first-order valence-corrected chi connectivity index (χ1v) is 5.16. The van der Waals surface area contributed by atoms with E-state index in [0.29, 0.717) is 5.75 Å². The molecule has 0 aliphatic rings. The van der Waals surface area contributed by atoms with Gasteiger partial charge in [-0.2, -0.15) is 13.2 Å². The first kappa shape index (κ1) is 12.3. The van der Waals surface area contributed by atoms with Gasteiger partial charge in [-0.1, -0.05) is 18.2 Å². The van der Waals surface area contributed by atoms with Crippen molar-refractivity contribution in [3.63, 3.8) is 0 Å². The van der Waals surface area contributed by atoms with Gasteiger partial charge in [0.1, 0.15) is 11.5 Å². The predicted molar refractivity (Wildman–Crippen MR) is 62.4 cm³/mol. The second-order valence-corrected chi connectivity index (χ2v) is 3.66. The molecule has 2 aromatic rings. The number of ether oxygens (including phenoxy) is 1. The fourth-order valence-electron chi connectivity index (χ4n) is 1.47. The summed E-state index contributed by atoms with van der Waals surface area (Å²) in [6.45, 7) is 0. The number of anilines is 1. The van der Waals surface area contributed by atoms with Crippen LogP contribution in [0, 0.1) is 0 Å². The molecule has 2 aromatic carbocycles. The van der Waals surface area contributed by atoms with Gasteiger partial charge in [-0.25, -0.2) is 0 Å². The summed E-state index contributed by atoms with van der Waals surface area (Å²) in [7, 11) is 0. The van der Waals surface area contributed by atoms with Crippen LogP contribution in [-0.4, -0.2) is 0 Å². The van der Waals surface area contributed by atoms with Crippen LogP contribution in [0.1, 0.15) is 5.56 Å². The van der Waals surface area contributed by atoms with E-state index in [2.05, 4.69) is 0 Å². The molecule has 5 heteroatoms. The molecule has 0 aliphatic heterocycles. The molecule has 0 bridgehead atoms. The molecule has 18 heavy (non-hydrogen) atoms. The molecule has 0 radical (unpaired) electrons. The third-order valence-corrected chi connectivity index (χ3v) is 2.31. The molecule has 0 fully saturated rings. The van der Waals surface area contributed by atoms with Gasteiger partial charge >= 0.3 is 6.18 Å². The highest BCUT2D eigenvalue weighted by atomic mass is 19.4. The minimum absolute atomic E-state index is 0.0997. The van der Waals surface area contributed by atoms with E-state index < -0.39 is 11.7 Å². The standard InChI is InChI=1S/C13H10F3NO/c14-13(15,16)11-8-10(6-7-12(11)17)18-9-4-2-1-3-5-9/h1-8H,17H2. The third-order valence-electron chi connectivity index (χ3n) is 2.31. The predicted octanol–water partition coefficient (Wildman–Crippen LogP) is 4.08. The maximum Gasteiger partial charge on any atom is 0.418 e. The number of rotatable bonds is 2. The summed E-state index contributed by atoms with van der Waals surface area (Å²) in [5, 5.41) is 0. The van der Waals surface area contributed by atoms with Crippen molar-refractivity contribution in [2.75, 3.05) is 5.73 Å². The number of hydrogen-bond acceptors (Lipinski definition) is 2. The molecule has 0 spiro atoms. The van der Waals surface area contributed by atoms with E-state index in [1.807, 2.05) is 0 Å². The topological polar surface area (TPSA) is 35.2 Å². The zero-order valence-corrected chi connectivity index (χ0v) is 9.24. The molecule has 0 unspecified atom stereocenters. The van der Waals surface area contributed by atoms with Gasteiger partial charge in [-0.15, -0.1) is 0 Å². The van der Waals surface area contributed by atoms with Crippen molar-refractivity contribution in [3.8, 4) is 11.5 Å². The van der Waals surface area contributed by atoms with Gasteiger partial charge in [-0.3, -0.25) is 0 Å². The molecular formula is C13H10F3NO. The van der Waals surface area contributed by atoms with Crippen LogP contribution >= 0.6 is 0 Å². The van der Waals surface area contributed by atoms with Crippen LogP contribution < -0.4 is 10.5 Å². The van der Waals surface area contributed by atoms with Gasteiger partial charge in [0, 0.05) is 5.69 Å². The van der Waals surface area contributed by atoms with Gasteiger partial charge in [-0.05, 0) is 30.3 Å². The fraction of sp³-hybridized carbons (Fsp3) is 0.0769. The summed E-state index contributed by atoms with van der Waals surface area (Å²) >= 11 is 0. The number of hydrogen-bond donors (Lipinski definition) is 1. The number of para-hydroxylation sites is 1. The first-order valence-electron chi connectivity index (χ1n) is 5.16. The largest absolute Gasteiger partial charge is 0.457 e. The molecule has 2 rings (SSSR count). The Morgan fingerprint density at radius 3 is 2.17 bits per heavy atom. The Morgan fingerprint density at radius 1 is 0.889 bits per heavy atom. The number of alkyl halides is 3. The van der Waals surface area contributed by atoms with Crippen LogP contribution in [0.15, 0.2) is 48.5 Å². The van der Waals surface area contributed by atoms with E-state index in [9.17, 15) is 13.2 Å². The van der Waals surface area contributed by atoms with Crippen molar-refractivity contribution >= 4 is 5.69 Å². The Morgan fingerprint density at radius 2 is 1.56 bits per heavy atom. The van der Waals surface area contributed by atoms with Crippen molar-refractivity contribution in [1.29, 1.82) is 0 Å². The maximum atomic E-state index is 12.6. The Labute approximate surface area is 102 Å². The summed E-state index contributed by atoms with van der Waals surface area (Å²) in [5.41, 5.74) is 4.08. The minimum Gasteiger partial charge on any atom is -0.457 e. The Hall–Kier alpha value is -2.17. The first-order chi connectivity index (χ1) is 8.47. The highest BCUT2D eigenvalue weighted by Crippen LogP contribution is 2.36. The number of nitrogens with two attached hydrogens (primary N) is 1.